The van der Waals surface area contributed by atoms with Crippen LogP contribution in [0.15, 0.2) is 47.8 Å². The van der Waals surface area contributed by atoms with Gasteiger partial charge in [0.15, 0.2) is 0 Å². The highest BCUT2D eigenvalue weighted by molar-refractivity contribution is 7.12. The van der Waals surface area contributed by atoms with Crippen molar-refractivity contribution in [2.75, 3.05) is 6.54 Å². The zero-order valence-corrected chi connectivity index (χ0v) is 14.7. The van der Waals surface area contributed by atoms with Gasteiger partial charge < -0.3 is 15.3 Å². The zero-order valence-electron chi connectivity index (χ0n) is 13.8. The maximum absolute atomic E-state index is 12.5. The molecule has 0 aliphatic rings. The average Bonchev–Trinajstić information content (AvgIpc) is 3.14. The van der Waals surface area contributed by atoms with Crippen molar-refractivity contribution in [3.8, 4) is 0 Å². The number of carbonyl (C=O) groups excluding carboxylic acids is 2. The molecule has 0 radical (unpaired) electrons. The number of rotatable bonds is 8. The number of aliphatic carboxylic acids is 1. The lowest BCUT2D eigenvalue weighted by molar-refractivity contribution is -0.150. The number of carboxylic acid groups (broad SMARTS) is 1. The van der Waals surface area contributed by atoms with Crippen molar-refractivity contribution in [1.82, 2.24) is 10.2 Å². The van der Waals surface area contributed by atoms with Crippen molar-refractivity contribution in [2.45, 2.75) is 25.9 Å². The molecule has 132 valence electrons. The number of hydrogen-bond donors (Lipinski definition) is 2. The Morgan fingerprint density at radius 3 is 2.48 bits per heavy atom. The molecular formula is C18H20N2O4S. The zero-order chi connectivity index (χ0) is 18.2. The summed E-state index contributed by atoms with van der Waals surface area (Å²) in [7, 11) is 0. The Labute approximate surface area is 150 Å². The second-order valence-corrected chi connectivity index (χ2v) is 6.45. The molecule has 1 aromatic carbocycles. The molecule has 0 saturated carbocycles. The molecule has 1 atom stereocenters. The largest absolute Gasteiger partial charge is 0.480 e. The first kappa shape index (κ1) is 18.7. The van der Waals surface area contributed by atoms with E-state index < -0.39 is 12.0 Å². The minimum Gasteiger partial charge on any atom is -0.480 e. The van der Waals surface area contributed by atoms with E-state index in [1.807, 2.05) is 30.3 Å². The lowest BCUT2D eigenvalue weighted by Gasteiger charge is -2.26. The van der Waals surface area contributed by atoms with Crippen LogP contribution in [0.3, 0.4) is 0 Å². The fourth-order valence-corrected chi connectivity index (χ4v) is 2.92. The predicted octanol–water partition coefficient (Wildman–Crippen LogP) is 2.37. The number of carboxylic acids is 1. The van der Waals surface area contributed by atoms with E-state index in [-0.39, 0.29) is 31.3 Å². The van der Waals surface area contributed by atoms with Crippen molar-refractivity contribution in [2.24, 2.45) is 0 Å². The summed E-state index contributed by atoms with van der Waals surface area (Å²) in [4.78, 5) is 37.5. The van der Waals surface area contributed by atoms with Gasteiger partial charge in [-0.15, -0.1) is 11.3 Å². The number of amides is 2. The monoisotopic (exact) mass is 360 g/mol. The molecule has 6 nitrogen and oxygen atoms in total. The minimum absolute atomic E-state index is 0.0432. The van der Waals surface area contributed by atoms with Crippen LogP contribution in [0.25, 0.3) is 0 Å². The Balaban J connectivity index is 1.95. The number of thiophene rings is 1. The van der Waals surface area contributed by atoms with Crippen molar-refractivity contribution in [3.05, 3.63) is 58.3 Å². The van der Waals surface area contributed by atoms with E-state index >= 15 is 0 Å². The molecule has 2 aromatic rings. The van der Waals surface area contributed by atoms with E-state index in [9.17, 15) is 19.5 Å². The van der Waals surface area contributed by atoms with Crippen LogP contribution >= 0.6 is 11.3 Å². The Hall–Kier alpha value is -2.67. The maximum Gasteiger partial charge on any atom is 0.326 e. The summed E-state index contributed by atoms with van der Waals surface area (Å²) in [6, 6.07) is 11.8. The molecule has 7 heteroatoms. The molecule has 2 amide bonds. The van der Waals surface area contributed by atoms with Crippen molar-refractivity contribution >= 4 is 29.1 Å². The molecule has 0 spiro atoms. The van der Waals surface area contributed by atoms with Crippen molar-refractivity contribution in [1.29, 1.82) is 0 Å². The normalized spacial score (nSPS) is 11.6. The topological polar surface area (TPSA) is 86.7 Å². The third kappa shape index (κ3) is 5.42. The number of carbonyl (C=O) groups is 3. The average molecular weight is 360 g/mol. The number of nitrogens with one attached hydrogen (secondary N) is 1. The minimum atomic E-state index is -1.06. The van der Waals surface area contributed by atoms with Crippen LogP contribution in [0.4, 0.5) is 0 Å². The third-order valence-corrected chi connectivity index (χ3v) is 4.58. The molecule has 2 rings (SSSR count). The van der Waals surface area contributed by atoms with Gasteiger partial charge in [-0.3, -0.25) is 9.59 Å². The Morgan fingerprint density at radius 1 is 1.16 bits per heavy atom. The molecule has 0 fully saturated rings. The summed E-state index contributed by atoms with van der Waals surface area (Å²) >= 11 is 1.32. The van der Waals surface area contributed by atoms with Crippen LogP contribution in [-0.2, 0) is 16.1 Å². The maximum atomic E-state index is 12.5. The highest BCUT2D eigenvalue weighted by Crippen LogP contribution is 2.11. The van der Waals surface area contributed by atoms with E-state index in [4.69, 9.17) is 0 Å². The molecule has 0 saturated heterocycles. The summed E-state index contributed by atoms with van der Waals surface area (Å²) in [6.07, 6.45) is 0.0432. The highest BCUT2D eigenvalue weighted by atomic mass is 32.1. The number of benzene rings is 1. The second-order valence-electron chi connectivity index (χ2n) is 5.50. The van der Waals surface area contributed by atoms with Gasteiger partial charge in [0.25, 0.3) is 5.91 Å². The predicted molar refractivity (Wildman–Crippen MR) is 95.4 cm³/mol. The molecule has 0 bridgehead atoms. The first-order valence-corrected chi connectivity index (χ1v) is 8.75. The van der Waals surface area contributed by atoms with E-state index in [0.717, 1.165) is 5.56 Å². The molecule has 0 aliphatic heterocycles. The third-order valence-electron chi connectivity index (χ3n) is 3.71. The van der Waals surface area contributed by atoms with Crippen LogP contribution in [0, 0.1) is 0 Å². The van der Waals surface area contributed by atoms with Gasteiger partial charge in [0, 0.05) is 19.5 Å². The lowest BCUT2D eigenvalue weighted by atomic mass is 10.1. The summed E-state index contributed by atoms with van der Waals surface area (Å²) in [5.41, 5.74) is 0.853. The molecule has 1 unspecified atom stereocenters. The van der Waals surface area contributed by atoms with E-state index in [2.05, 4.69) is 5.32 Å². The summed E-state index contributed by atoms with van der Waals surface area (Å²) in [5, 5.41) is 13.7. The second kappa shape index (κ2) is 8.98. The smallest absolute Gasteiger partial charge is 0.326 e. The highest BCUT2D eigenvalue weighted by Gasteiger charge is 2.25. The van der Waals surface area contributed by atoms with Gasteiger partial charge >= 0.3 is 5.97 Å². The Morgan fingerprint density at radius 2 is 1.88 bits per heavy atom. The van der Waals surface area contributed by atoms with Gasteiger partial charge in [-0.2, -0.15) is 0 Å². The molecule has 1 heterocycles. The first-order chi connectivity index (χ1) is 12.0. The van der Waals surface area contributed by atoms with Gasteiger partial charge in [0.05, 0.1) is 4.88 Å². The SMILES string of the molecule is CC(C(=O)O)N(Cc1ccccc1)C(=O)CCNC(=O)c1cccs1. The molecule has 25 heavy (non-hydrogen) atoms. The molecule has 1 aromatic heterocycles. The van der Waals surface area contributed by atoms with Crippen molar-refractivity contribution in [3.63, 3.8) is 0 Å². The standard InChI is InChI=1S/C18H20N2O4S/c1-13(18(23)24)20(12-14-6-3-2-4-7-14)16(21)9-10-19-17(22)15-8-5-11-25-15/h2-8,11,13H,9-10,12H2,1H3,(H,19,22)(H,23,24). The summed E-state index contributed by atoms with van der Waals surface area (Å²) < 4.78 is 0. The van der Waals surface area contributed by atoms with Gasteiger partial charge in [-0.1, -0.05) is 36.4 Å². The summed E-state index contributed by atoms with van der Waals surface area (Å²) in [6.45, 7) is 1.85. The van der Waals surface area contributed by atoms with Gasteiger partial charge in [-0.05, 0) is 23.9 Å². The first-order valence-electron chi connectivity index (χ1n) is 7.87. The van der Waals surface area contributed by atoms with Gasteiger partial charge in [0.2, 0.25) is 5.91 Å². The quantitative estimate of drug-likeness (QED) is 0.757. The van der Waals surface area contributed by atoms with Gasteiger partial charge in [0.1, 0.15) is 6.04 Å². The molecular weight excluding hydrogens is 340 g/mol. The van der Waals surface area contributed by atoms with E-state index in [1.54, 1.807) is 17.5 Å². The fourth-order valence-electron chi connectivity index (χ4n) is 2.28. The van der Waals surface area contributed by atoms with Crippen LogP contribution in [-0.4, -0.2) is 40.4 Å². The van der Waals surface area contributed by atoms with Crippen molar-refractivity contribution < 1.29 is 19.5 Å². The fraction of sp³-hybridized carbons (Fsp3) is 0.278. The molecule has 0 aliphatic carbocycles. The Kier molecular flexibility index (Phi) is 6.71. The van der Waals surface area contributed by atoms with Crippen LogP contribution in [0.2, 0.25) is 0 Å². The number of hydrogen-bond acceptors (Lipinski definition) is 4. The lowest BCUT2D eigenvalue weighted by Crippen LogP contribution is -2.43. The Bertz CT molecular complexity index is 716. The molecule has 2 N–H and O–H groups in total. The van der Waals surface area contributed by atoms with Crippen LogP contribution < -0.4 is 5.32 Å². The number of nitrogens with zero attached hydrogens (tertiary/aromatic N) is 1. The van der Waals surface area contributed by atoms with Crippen LogP contribution in [0.5, 0.6) is 0 Å². The summed E-state index contributed by atoms with van der Waals surface area (Å²) in [5.74, 6) is -1.61. The van der Waals surface area contributed by atoms with E-state index in [0.29, 0.717) is 4.88 Å². The van der Waals surface area contributed by atoms with Gasteiger partial charge in [-0.25, -0.2) is 4.79 Å². The van der Waals surface area contributed by atoms with Crippen LogP contribution in [0.1, 0.15) is 28.6 Å². The van der Waals surface area contributed by atoms with E-state index in [1.165, 1.54) is 23.2 Å².